The fraction of sp³-hybridized carbons (Fsp3) is 0.444. The summed E-state index contributed by atoms with van der Waals surface area (Å²) in [4.78, 5) is 48.7. The Morgan fingerprint density at radius 1 is 1.05 bits per heavy atom. The minimum absolute atomic E-state index is 0.0759. The number of imidazole rings is 1. The largest absolute Gasteiger partial charge is 0.348 e. The van der Waals surface area contributed by atoms with E-state index < -0.39 is 11.4 Å². The lowest BCUT2D eigenvalue weighted by atomic mass is 9.90. The molecule has 204 valence electrons. The van der Waals surface area contributed by atoms with Crippen LogP contribution < -0.4 is 22.3 Å². The van der Waals surface area contributed by atoms with E-state index in [-0.39, 0.29) is 40.8 Å². The molecule has 0 aromatic carbocycles. The van der Waals surface area contributed by atoms with Gasteiger partial charge >= 0.3 is 5.69 Å². The Balaban J connectivity index is 1.23. The van der Waals surface area contributed by atoms with Crippen LogP contribution in [-0.2, 0) is 6.54 Å². The summed E-state index contributed by atoms with van der Waals surface area (Å²) in [6.45, 7) is 0.398. The number of hydrogen-bond donors (Lipinski definition) is 2. The molecule has 1 aliphatic carbocycles. The first kappa shape index (κ1) is 25.8. The van der Waals surface area contributed by atoms with Gasteiger partial charge in [-0.2, -0.15) is 11.8 Å². The number of carbonyl (C=O) groups is 1. The van der Waals surface area contributed by atoms with Gasteiger partial charge in [0, 0.05) is 37.1 Å². The molecule has 3 N–H and O–H groups in total. The third-order valence-electron chi connectivity index (χ3n) is 7.86. The quantitative estimate of drug-likeness (QED) is 0.390. The molecule has 1 saturated heterocycles. The van der Waals surface area contributed by atoms with Crippen LogP contribution in [0.5, 0.6) is 0 Å². The van der Waals surface area contributed by atoms with Crippen LogP contribution in [0.25, 0.3) is 16.7 Å². The van der Waals surface area contributed by atoms with E-state index >= 15 is 0 Å². The molecule has 10 nitrogen and oxygen atoms in total. The molecule has 39 heavy (non-hydrogen) atoms. The molecule has 1 aliphatic heterocycles. The fourth-order valence-electron chi connectivity index (χ4n) is 5.80. The Labute approximate surface area is 227 Å². The molecule has 1 saturated carbocycles. The number of thioether (sulfide) groups is 1. The SMILES string of the molecule is NCc1ccc2nc(C(=O)NC3CCC(n4c(=O)c5cc(F)cnc5n(C5CCSCC5)c4=O)CC3)cn2c1. The zero-order valence-electron chi connectivity index (χ0n) is 21.4. The highest BCUT2D eigenvalue weighted by Gasteiger charge is 2.30. The summed E-state index contributed by atoms with van der Waals surface area (Å²) in [6, 6.07) is 4.38. The topological polar surface area (TPSA) is 129 Å². The molecule has 5 heterocycles. The standard InChI is InChI=1S/C27H30FN7O3S/c28-17-11-21-24(30-13-17)34(20-7-9-39-10-8-20)27(38)35(26(21)37)19-4-2-18(3-5-19)31-25(36)22-15-33-14-16(12-29)1-6-23(33)32-22/h1,6,11,13-15,18-20H,2-5,7-10,12,29H2,(H,31,36). The van der Waals surface area contributed by atoms with Gasteiger partial charge in [-0.15, -0.1) is 0 Å². The molecule has 0 spiro atoms. The first-order chi connectivity index (χ1) is 18.9. The highest BCUT2D eigenvalue weighted by Crippen LogP contribution is 2.30. The lowest BCUT2D eigenvalue weighted by Crippen LogP contribution is -2.46. The maximum atomic E-state index is 14.1. The Hall–Kier alpha value is -3.51. The van der Waals surface area contributed by atoms with Gasteiger partial charge in [-0.25, -0.2) is 19.2 Å². The number of nitrogens with zero attached hydrogens (tertiary/aromatic N) is 5. The van der Waals surface area contributed by atoms with Gasteiger partial charge in [-0.3, -0.25) is 18.7 Å². The molecule has 0 radical (unpaired) electrons. The third-order valence-corrected chi connectivity index (χ3v) is 8.91. The predicted octanol–water partition coefficient (Wildman–Crippen LogP) is 2.79. The van der Waals surface area contributed by atoms with Crippen LogP contribution in [0.2, 0.25) is 0 Å². The summed E-state index contributed by atoms with van der Waals surface area (Å²) in [5.74, 6) is 0.973. The summed E-state index contributed by atoms with van der Waals surface area (Å²) in [7, 11) is 0. The molecule has 4 aromatic rings. The van der Waals surface area contributed by atoms with Crippen LogP contribution in [-0.4, -0.2) is 47.0 Å². The Bertz CT molecular complexity index is 1670. The van der Waals surface area contributed by atoms with E-state index in [1.807, 2.05) is 30.1 Å². The summed E-state index contributed by atoms with van der Waals surface area (Å²) >= 11 is 1.84. The Kier molecular flexibility index (Phi) is 6.98. The van der Waals surface area contributed by atoms with Gasteiger partial charge in [-0.05, 0) is 67.7 Å². The van der Waals surface area contributed by atoms with Crippen molar-refractivity contribution < 1.29 is 9.18 Å². The van der Waals surface area contributed by atoms with Crippen molar-refractivity contribution in [3.8, 4) is 0 Å². The second kappa shape index (κ2) is 10.6. The summed E-state index contributed by atoms with van der Waals surface area (Å²) < 4.78 is 18.8. The van der Waals surface area contributed by atoms with Crippen LogP contribution >= 0.6 is 11.8 Å². The van der Waals surface area contributed by atoms with E-state index in [0.717, 1.165) is 36.1 Å². The van der Waals surface area contributed by atoms with E-state index in [4.69, 9.17) is 5.73 Å². The van der Waals surface area contributed by atoms with Crippen molar-refractivity contribution >= 4 is 34.3 Å². The van der Waals surface area contributed by atoms with Crippen LogP contribution in [0.1, 0.15) is 66.7 Å². The van der Waals surface area contributed by atoms with Crippen molar-refractivity contribution in [1.82, 2.24) is 28.8 Å². The van der Waals surface area contributed by atoms with E-state index in [1.165, 1.54) is 10.6 Å². The summed E-state index contributed by atoms with van der Waals surface area (Å²) in [5.41, 5.74) is 7.00. The predicted molar refractivity (Wildman–Crippen MR) is 148 cm³/mol. The number of aromatic nitrogens is 5. The van der Waals surface area contributed by atoms with Crippen molar-refractivity contribution in [3.05, 3.63) is 74.7 Å². The number of carbonyl (C=O) groups excluding carboxylic acids is 1. The number of amides is 1. The number of nitrogens with two attached hydrogens (primary N) is 1. The van der Waals surface area contributed by atoms with E-state index in [1.54, 1.807) is 15.2 Å². The van der Waals surface area contributed by atoms with Crippen molar-refractivity contribution in [1.29, 1.82) is 0 Å². The first-order valence-electron chi connectivity index (χ1n) is 13.3. The van der Waals surface area contributed by atoms with E-state index in [0.29, 0.717) is 43.6 Å². The number of rotatable bonds is 5. The second-order valence-electron chi connectivity index (χ2n) is 10.3. The van der Waals surface area contributed by atoms with Gasteiger partial charge in [0.25, 0.3) is 11.5 Å². The fourth-order valence-corrected chi connectivity index (χ4v) is 6.89. The van der Waals surface area contributed by atoms with Crippen LogP contribution in [0, 0.1) is 5.82 Å². The molecule has 4 aromatic heterocycles. The van der Waals surface area contributed by atoms with Crippen molar-refractivity contribution in [3.63, 3.8) is 0 Å². The zero-order chi connectivity index (χ0) is 27.1. The maximum absolute atomic E-state index is 14.1. The average molecular weight is 552 g/mol. The Morgan fingerprint density at radius 2 is 1.79 bits per heavy atom. The number of pyridine rings is 2. The molecular weight excluding hydrogens is 521 g/mol. The van der Waals surface area contributed by atoms with Crippen LogP contribution in [0.15, 0.2) is 46.4 Å². The molecule has 2 aliphatic rings. The number of halogens is 1. The molecule has 0 unspecified atom stereocenters. The normalized spacial score (nSPS) is 20.5. The number of fused-ring (bicyclic) bond motifs is 2. The average Bonchev–Trinajstić information content (AvgIpc) is 3.39. The van der Waals surface area contributed by atoms with Crippen molar-refractivity contribution in [2.45, 2.75) is 63.2 Å². The van der Waals surface area contributed by atoms with Gasteiger partial charge < -0.3 is 15.5 Å². The maximum Gasteiger partial charge on any atom is 0.333 e. The number of nitrogens with one attached hydrogen (secondary N) is 1. The molecule has 0 atom stereocenters. The van der Waals surface area contributed by atoms with Gasteiger partial charge in [0.2, 0.25) is 0 Å². The lowest BCUT2D eigenvalue weighted by molar-refractivity contribution is 0.0917. The van der Waals surface area contributed by atoms with Gasteiger partial charge in [0.15, 0.2) is 0 Å². The molecule has 2 fully saturated rings. The van der Waals surface area contributed by atoms with Gasteiger partial charge in [-0.1, -0.05) is 6.07 Å². The van der Waals surface area contributed by atoms with E-state index in [2.05, 4.69) is 15.3 Å². The van der Waals surface area contributed by atoms with Crippen LogP contribution in [0.4, 0.5) is 4.39 Å². The molecule has 6 rings (SSSR count). The Morgan fingerprint density at radius 3 is 2.54 bits per heavy atom. The minimum atomic E-state index is -0.604. The molecule has 12 heteroatoms. The van der Waals surface area contributed by atoms with Crippen LogP contribution in [0.3, 0.4) is 0 Å². The zero-order valence-corrected chi connectivity index (χ0v) is 22.2. The van der Waals surface area contributed by atoms with Gasteiger partial charge in [0.05, 0.1) is 11.6 Å². The monoisotopic (exact) mass is 551 g/mol. The summed E-state index contributed by atoms with van der Waals surface area (Å²) in [5, 5.41) is 3.19. The second-order valence-corrected chi connectivity index (χ2v) is 11.5. The van der Waals surface area contributed by atoms with E-state index in [9.17, 15) is 18.8 Å². The number of hydrogen-bond acceptors (Lipinski definition) is 7. The van der Waals surface area contributed by atoms with Crippen molar-refractivity contribution in [2.75, 3.05) is 11.5 Å². The lowest BCUT2D eigenvalue weighted by Gasteiger charge is -2.31. The van der Waals surface area contributed by atoms with Gasteiger partial charge in [0.1, 0.15) is 22.8 Å². The smallest absolute Gasteiger partial charge is 0.333 e. The minimum Gasteiger partial charge on any atom is -0.348 e. The summed E-state index contributed by atoms with van der Waals surface area (Å²) in [6.07, 6.45) is 8.49. The third kappa shape index (κ3) is 4.87. The molecule has 1 amide bonds. The molecule has 0 bridgehead atoms. The highest BCUT2D eigenvalue weighted by atomic mass is 32.2. The van der Waals surface area contributed by atoms with Crippen molar-refractivity contribution in [2.24, 2.45) is 5.73 Å². The molecular formula is C27H30FN7O3S. The first-order valence-corrected chi connectivity index (χ1v) is 14.5. The highest BCUT2D eigenvalue weighted by molar-refractivity contribution is 7.99.